The van der Waals surface area contributed by atoms with Crippen molar-refractivity contribution in [3.8, 4) is 0 Å². The highest BCUT2D eigenvalue weighted by Gasteiger charge is 2.69. The van der Waals surface area contributed by atoms with Gasteiger partial charge in [-0.3, -0.25) is 0 Å². The molecule has 0 aliphatic heterocycles. The van der Waals surface area contributed by atoms with Crippen molar-refractivity contribution in [3.63, 3.8) is 0 Å². The Kier molecular flexibility index (Phi) is 5.87. The standard InChI is InChI=1S/C34H28N4O4/c39-35-27-10-4-23(5-11-27)31-17-32(24-6-12-28(36-40)13-7-24)19-33(18-31,25-8-14-29(37-41)15-9-25)22-34(20-31,21-32)26-2-1-3-30(16-26)38-42/h1-16H,17-22H2. The molecule has 0 atom stereocenters. The first kappa shape index (κ1) is 26.2. The van der Waals surface area contributed by atoms with Gasteiger partial charge in [-0.25, -0.2) is 0 Å². The molecule has 8 nitrogen and oxygen atoms in total. The highest BCUT2D eigenvalue weighted by atomic mass is 16.3. The van der Waals surface area contributed by atoms with Crippen LogP contribution in [0.3, 0.4) is 0 Å². The van der Waals surface area contributed by atoms with Gasteiger partial charge in [0.15, 0.2) is 0 Å². The van der Waals surface area contributed by atoms with Crippen molar-refractivity contribution in [2.45, 2.75) is 60.2 Å². The van der Waals surface area contributed by atoms with Gasteiger partial charge in [0.05, 0.1) is 0 Å². The predicted molar refractivity (Wildman–Crippen MR) is 162 cm³/mol. The number of nitrogens with zero attached hydrogens (tertiary/aromatic N) is 4. The van der Waals surface area contributed by atoms with E-state index < -0.39 is 0 Å². The quantitative estimate of drug-likeness (QED) is 0.201. The summed E-state index contributed by atoms with van der Waals surface area (Å²) < 4.78 is 0. The van der Waals surface area contributed by atoms with Crippen LogP contribution in [-0.2, 0) is 21.7 Å². The summed E-state index contributed by atoms with van der Waals surface area (Å²) in [5.74, 6) is 0. The number of hydrogen-bond acceptors (Lipinski definition) is 8. The molecule has 4 bridgehead atoms. The molecule has 8 rings (SSSR count). The van der Waals surface area contributed by atoms with Gasteiger partial charge in [-0.1, -0.05) is 48.5 Å². The summed E-state index contributed by atoms with van der Waals surface area (Å²) in [5.41, 5.74) is 5.09. The zero-order valence-electron chi connectivity index (χ0n) is 22.9. The van der Waals surface area contributed by atoms with Crippen LogP contribution in [0.15, 0.2) is 118 Å². The minimum absolute atomic E-state index is 0.260. The minimum atomic E-state index is -0.291. The smallest absolute Gasteiger partial charge is 0.108 e. The lowest BCUT2D eigenvalue weighted by atomic mass is 9.32. The lowest BCUT2D eigenvalue weighted by molar-refractivity contribution is -0.0691. The van der Waals surface area contributed by atoms with Gasteiger partial charge in [-0.2, -0.15) is 0 Å². The molecule has 4 fully saturated rings. The fourth-order valence-electron chi connectivity index (χ4n) is 9.38. The van der Waals surface area contributed by atoms with Crippen LogP contribution < -0.4 is 0 Å². The van der Waals surface area contributed by atoms with E-state index in [1.807, 2.05) is 48.5 Å². The van der Waals surface area contributed by atoms with Crippen molar-refractivity contribution in [2.24, 2.45) is 20.7 Å². The average Bonchev–Trinajstić information content (AvgIpc) is 3.04. The zero-order chi connectivity index (χ0) is 29.0. The molecule has 0 N–H and O–H groups in total. The molecule has 8 heteroatoms. The Labute approximate surface area is 242 Å². The Morgan fingerprint density at radius 3 is 0.976 bits per heavy atom. The van der Waals surface area contributed by atoms with Crippen molar-refractivity contribution < 1.29 is 0 Å². The van der Waals surface area contributed by atoms with Gasteiger partial charge in [0, 0.05) is 0 Å². The second-order valence-electron chi connectivity index (χ2n) is 12.7. The number of benzene rings is 4. The Hall–Kier alpha value is -4.72. The van der Waals surface area contributed by atoms with Gasteiger partial charge >= 0.3 is 0 Å². The Bertz CT molecular complexity index is 1540. The second kappa shape index (κ2) is 9.41. The van der Waals surface area contributed by atoms with Crippen LogP contribution in [0.5, 0.6) is 0 Å². The molecule has 4 saturated carbocycles. The van der Waals surface area contributed by atoms with E-state index in [1.165, 1.54) is 0 Å². The van der Waals surface area contributed by atoms with Crippen molar-refractivity contribution in [2.75, 3.05) is 0 Å². The first-order valence-electron chi connectivity index (χ1n) is 14.2. The third-order valence-electron chi connectivity index (χ3n) is 10.4. The van der Waals surface area contributed by atoms with Crippen molar-refractivity contribution >= 4 is 22.7 Å². The van der Waals surface area contributed by atoms with E-state index in [0.717, 1.165) is 60.8 Å². The van der Waals surface area contributed by atoms with Gasteiger partial charge in [0.2, 0.25) is 0 Å². The normalized spacial score (nSPS) is 29.1. The number of hydrogen-bond donors (Lipinski definition) is 0. The fraction of sp³-hybridized carbons (Fsp3) is 0.294. The summed E-state index contributed by atoms with van der Waals surface area (Å²) in [6.45, 7) is 0. The lowest BCUT2D eigenvalue weighted by Gasteiger charge is -2.71. The Morgan fingerprint density at radius 2 is 0.667 bits per heavy atom. The maximum Gasteiger partial charge on any atom is 0.108 e. The molecule has 208 valence electrons. The van der Waals surface area contributed by atoms with Crippen molar-refractivity contribution in [1.82, 2.24) is 0 Å². The van der Waals surface area contributed by atoms with Crippen LogP contribution >= 0.6 is 0 Å². The molecule has 4 aliphatic carbocycles. The molecule has 4 aliphatic rings. The number of rotatable bonds is 8. The molecule has 0 heterocycles. The molecule has 42 heavy (non-hydrogen) atoms. The highest BCUT2D eigenvalue weighted by Crippen LogP contribution is 2.75. The van der Waals surface area contributed by atoms with Crippen molar-refractivity contribution in [3.05, 3.63) is 139 Å². The lowest BCUT2D eigenvalue weighted by Crippen LogP contribution is -2.67. The summed E-state index contributed by atoms with van der Waals surface area (Å²) in [4.78, 5) is 45.6. The SMILES string of the molecule is O=Nc1ccc(C23CC4(c5ccc(N=O)cc5)CC(c5ccc(N=O)cc5)(C2)CC(c2cccc(N=O)c2)(C3)C4)cc1. The minimum Gasteiger partial charge on any atom is -0.145 e. The maximum absolute atomic E-state index is 11.7. The fourth-order valence-corrected chi connectivity index (χ4v) is 9.38. The largest absolute Gasteiger partial charge is 0.145 e. The van der Waals surface area contributed by atoms with Gasteiger partial charge in [0.1, 0.15) is 22.7 Å². The molecule has 0 unspecified atom stereocenters. The molecule has 0 spiro atoms. The first-order valence-corrected chi connectivity index (χ1v) is 14.2. The molecule has 0 aromatic heterocycles. The maximum atomic E-state index is 11.7. The third-order valence-corrected chi connectivity index (χ3v) is 10.4. The van der Waals surface area contributed by atoms with Gasteiger partial charge < -0.3 is 0 Å². The summed E-state index contributed by atoms with van der Waals surface area (Å²) in [7, 11) is 0. The van der Waals surface area contributed by atoms with E-state index >= 15 is 0 Å². The van der Waals surface area contributed by atoms with Gasteiger partial charge in [-0.05, 0) is 152 Å². The van der Waals surface area contributed by atoms with Gasteiger partial charge in [0.25, 0.3) is 0 Å². The monoisotopic (exact) mass is 556 g/mol. The molecule has 0 radical (unpaired) electrons. The molecular formula is C34H28N4O4. The summed E-state index contributed by atoms with van der Waals surface area (Å²) in [6, 6.07) is 30.7. The van der Waals surface area contributed by atoms with E-state index in [-0.39, 0.29) is 21.7 Å². The summed E-state index contributed by atoms with van der Waals surface area (Å²) >= 11 is 0. The van der Waals surface area contributed by atoms with Gasteiger partial charge in [-0.15, -0.1) is 19.6 Å². The van der Waals surface area contributed by atoms with Crippen LogP contribution in [0.1, 0.15) is 60.8 Å². The van der Waals surface area contributed by atoms with Crippen LogP contribution in [0, 0.1) is 19.6 Å². The highest BCUT2D eigenvalue weighted by molar-refractivity contribution is 5.54. The van der Waals surface area contributed by atoms with Crippen LogP contribution in [0.2, 0.25) is 0 Å². The zero-order valence-corrected chi connectivity index (χ0v) is 22.9. The van der Waals surface area contributed by atoms with E-state index in [2.05, 4.69) is 26.8 Å². The van der Waals surface area contributed by atoms with E-state index in [9.17, 15) is 19.6 Å². The molecule has 0 amide bonds. The van der Waals surface area contributed by atoms with E-state index in [4.69, 9.17) is 0 Å². The summed E-state index contributed by atoms with van der Waals surface area (Å²) in [6.07, 6.45) is 5.31. The van der Waals surface area contributed by atoms with Crippen molar-refractivity contribution in [1.29, 1.82) is 0 Å². The Morgan fingerprint density at radius 1 is 0.357 bits per heavy atom. The Balaban J connectivity index is 1.51. The van der Waals surface area contributed by atoms with E-state index in [0.29, 0.717) is 22.7 Å². The molecular weight excluding hydrogens is 528 g/mol. The van der Waals surface area contributed by atoms with E-state index in [1.54, 1.807) is 42.5 Å². The van der Waals surface area contributed by atoms with Crippen LogP contribution in [-0.4, -0.2) is 0 Å². The van der Waals surface area contributed by atoms with Crippen LogP contribution in [0.4, 0.5) is 22.7 Å². The molecule has 4 aromatic rings. The second-order valence-corrected chi connectivity index (χ2v) is 12.7. The van der Waals surface area contributed by atoms with Crippen LogP contribution in [0.25, 0.3) is 0 Å². The molecule has 4 aromatic carbocycles. The predicted octanol–water partition coefficient (Wildman–Crippen LogP) is 9.71. The topological polar surface area (TPSA) is 118 Å². The number of nitroso groups, excluding NO2 is 4. The molecule has 0 saturated heterocycles. The first-order chi connectivity index (χ1) is 20.4. The third kappa shape index (κ3) is 3.89. The average molecular weight is 557 g/mol. The summed E-state index contributed by atoms with van der Waals surface area (Å²) in [5, 5.41) is 12.7.